The van der Waals surface area contributed by atoms with Crippen molar-refractivity contribution in [1.29, 1.82) is 0 Å². The van der Waals surface area contributed by atoms with E-state index in [2.05, 4.69) is 0 Å². The third-order valence-corrected chi connectivity index (χ3v) is 7.24. The monoisotopic (exact) mass is 525 g/mol. The number of fused-ring (bicyclic) bond motifs is 8. The molecule has 0 bridgehead atoms. The molecule has 0 saturated heterocycles. The summed E-state index contributed by atoms with van der Waals surface area (Å²) in [6.45, 7) is 0. The SMILES string of the molecule is [2H]c1c([2H])c([2H])c2c([2H])c(-c3c4c([2H])c([2H])c([2H])c([2H])c4c(-c4cccc5oc6c7ccoc7ccc6c45)c4c([2H])c([2H])c([2H])c([2H])c34)c([2H])c([2H])c2c1[2H]. The molecule has 9 rings (SSSR count). The van der Waals surface area contributed by atoms with Crippen LogP contribution in [0.15, 0.2) is 142 Å². The van der Waals surface area contributed by atoms with Crippen LogP contribution in [0.4, 0.5) is 0 Å². The van der Waals surface area contributed by atoms with Crippen molar-refractivity contribution >= 4 is 65.2 Å². The van der Waals surface area contributed by atoms with Crippen molar-refractivity contribution in [3.8, 4) is 22.3 Å². The number of furan rings is 2. The predicted octanol–water partition coefficient (Wildman–Crippen LogP) is 11.1. The number of hydrogen-bond donors (Lipinski definition) is 0. The summed E-state index contributed by atoms with van der Waals surface area (Å²) in [5, 5.41) is -0.193. The van der Waals surface area contributed by atoms with Gasteiger partial charge in [-0.15, -0.1) is 0 Å². The highest BCUT2D eigenvalue weighted by atomic mass is 16.3. The standard InChI is InChI=1S/C38H22O2/c1-2-9-24-22-25(17-16-23(24)8-1)35-26-10-3-5-12-28(26)36(29-13-6-4-11-27(29)35)31-14-7-15-34-37(31)32-18-19-33-30(20-21-39-33)38(32)40-34/h1-22H/i1D,2D,3D,4D,5D,6D,8D,9D,10D,11D,12D,13D,16D,17D,22D. The third-order valence-electron chi connectivity index (χ3n) is 7.24. The Hall–Kier alpha value is -5.34. The van der Waals surface area contributed by atoms with Gasteiger partial charge in [-0.05, 0) is 84.9 Å². The van der Waals surface area contributed by atoms with Gasteiger partial charge in [-0.1, -0.05) is 96.7 Å². The number of rotatable bonds is 2. The Balaban J connectivity index is 1.62. The molecule has 0 aliphatic rings. The molecule has 0 aliphatic heterocycles. The van der Waals surface area contributed by atoms with Crippen LogP contribution >= 0.6 is 0 Å². The Morgan fingerprint density at radius 2 is 1.23 bits per heavy atom. The molecule has 0 N–H and O–H groups in total. The zero-order valence-electron chi connectivity index (χ0n) is 35.4. The predicted molar refractivity (Wildman–Crippen MR) is 167 cm³/mol. The molecule has 9 aromatic rings. The Kier molecular flexibility index (Phi) is 2.39. The van der Waals surface area contributed by atoms with E-state index in [4.69, 9.17) is 21.2 Å². The van der Waals surface area contributed by atoms with E-state index in [9.17, 15) is 8.22 Å². The topological polar surface area (TPSA) is 26.3 Å². The van der Waals surface area contributed by atoms with Gasteiger partial charge in [0.1, 0.15) is 16.7 Å². The van der Waals surface area contributed by atoms with Crippen LogP contribution in [0.5, 0.6) is 0 Å². The fraction of sp³-hybridized carbons (Fsp3) is 0. The third kappa shape index (κ3) is 2.93. The van der Waals surface area contributed by atoms with Crippen molar-refractivity contribution < 1.29 is 29.4 Å². The molecule has 0 saturated carbocycles. The largest absolute Gasteiger partial charge is 0.464 e. The second-order valence-corrected chi connectivity index (χ2v) is 9.31. The summed E-state index contributed by atoms with van der Waals surface area (Å²) < 4.78 is 146. The van der Waals surface area contributed by atoms with Gasteiger partial charge in [0.2, 0.25) is 0 Å². The first kappa shape index (κ1) is 11.8. The van der Waals surface area contributed by atoms with Gasteiger partial charge in [0.05, 0.1) is 32.2 Å². The van der Waals surface area contributed by atoms with E-state index >= 15 is 0 Å². The minimum Gasteiger partial charge on any atom is -0.464 e. The normalized spacial score (nSPS) is 17.2. The molecule has 0 amide bonds. The summed E-state index contributed by atoms with van der Waals surface area (Å²) in [7, 11) is 0. The van der Waals surface area contributed by atoms with Gasteiger partial charge in [-0.25, -0.2) is 0 Å². The van der Waals surface area contributed by atoms with Gasteiger partial charge in [0.15, 0.2) is 0 Å². The van der Waals surface area contributed by atoms with Crippen molar-refractivity contribution in [2.75, 3.05) is 0 Å². The van der Waals surface area contributed by atoms with Crippen LogP contribution in [-0.2, 0) is 0 Å². The molecule has 0 spiro atoms. The van der Waals surface area contributed by atoms with Crippen LogP contribution in [-0.4, -0.2) is 0 Å². The van der Waals surface area contributed by atoms with E-state index < -0.39 is 107 Å². The summed E-state index contributed by atoms with van der Waals surface area (Å²) >= 11 is 0. The van der Waals surface area contributed by atoms with Gasteiger partial charge in [-0.2, -0.15) is 0 Å². The molecule has 0 radical (unpaired) electrons. The van der Waals surface area contributed by atoms with Crippen LogP contribution in [0, 0.1) is 0 Å². The quantitative estimate of drug-likeness (QED) is 0.210. The Morgan fingerprint density at radius 1 is 0.525 bits per heavy atom. The summed E-state index contributed by atoms with van der Waals surface area (Å²) in [4.78, 5) is 0. The fourth-order valence-corrected chi connectivity index (χ4v) is 5.59. The molecule has 0 unspecified atom stereocenters. The lowest BCUT2D eigenvalue weighted by atomic mass is 9.84. The van der Waals surface area contributed by atoms with Crippen LogP contribution in [0.25, 0.3) is 87.5 Å². The van der Waals surface area contributed by atoms with Gasteiger partial charge in [0.25, 0.3) is 0 Å². The second kappa shape index (κ2) is 8.08. The first-order valence-corrected chi connectivity index (χ1v) is 12.4. The zero-order valence-corrected chi connectivity index (χ0v) is 20.4. The highest BCUT2D eigenvalue weighted by Crippen LogP contribution is 2.47. The van der Waals surface area contributed by atoms with E-state index in [1.807, 2.05) is 0 Å². The second-order valence-electron chi connectivity index (χ2n) is 9.31. The summed E-state index contributed by atoms with van der Waals surface area (Å²) in [6.07, 6.45) is 1.51. The number of benzene rings is 7. The van der Waals surface area contributed by atoms with E-state index in [1.165, 1.54) is 6.26 Å². The van der Waals surface area contributed by atoms with Gasteiger partial charge in [-0.3, -0.25) is 0 Å². The highest BCUT2D eigenvalue weighted by Gasteiger charge is 2.21. The average molecular weight is 526 g/mol. The average Bonchev–Trinajstić information content (AvgIpc) is 3.81. The molecule has 2 heteroatoms. The Labute approximate surface area is 250 Å². The summed E-state index contributed by atoms with van der Waals surface area (Å²) in [5.74, 6) is 0. The molecular weight excluding hydrogens is 488 g/mol. The maximum atomic E-state index is 9.40. The molecule has 2 heterocycles. The lowest BCUT2D eigenvalue weighted by Crippen LogP contribution is -1.91. The van der Waals surface area contributed by atoms with E-state index in [-0.39, 0.29) is 32.7 Å². The fourth-order valence-electron chi connectivity index (χ4n) is 5.59. The van der Waals surface area contributed by atoms with Crippen molar-refractivity contribution in [3.63, 3.8) is 0 Å². The van der Waals surface area contributed by atoms with Crippen molar-refractivity contribution in [1.82, 2.24) is 0 Å². The van der Waals surface area contributed by atoms with Crippen molar-refractivity contribution in [3.05, 3.63) is 133 Å². The van der Waals surface area contributed by atoms with Crippen LogP contribution in [0.1, 0.15) is 20.6 Å². The smallest absolute Gasteiger partial charge is 0.146 e. The van der Waals surface area contributed by atoms with Gasteiger partial charge >= 0.3 is 0 Å². The Morgan fingerprint density at radius 3 is 2.00 bits per heavy atom. The van der Waals surface area contributed by atoms with Crippen LogP contribution in [0.2, 0.25) is 0 Å². The molecule has 0 atom stereocenters. The minimum atomic E-state index is -0.746. The molecule has 2 aromatic heterocycles. The molecule has 0 fully saturated rings. The van der Waals surface area contributed by atoms with E-state index in [1.54, 1.807) is 36.4 Å². The van der Waals surface area contributed by atoms with E-state index in [0.717, 1.165) is 0 Å². The van der Waals surface area contributed by atoms with E-state index in [0.29, 0.717) is 38.5 Å². The lowest BCUT2D eigenvalue weighted by molar-refractivity contribution is 0.615. The molecule has 0 aliphatic carbocycles. The summed E-state index contributed by atoms with van der Waals surface area (Å²) in [5.41, 5.74) is 0.759. The maximum Gasteiger partial charge on any atom is 0.146 e. The minimum absolute atomic E-state index is 0.000190. The van der Waals surface area contributed by atoms with Crippen molar-refractivity contribution in [2.45, 2.75) is 0 Å². The molecule has 2 nitrogen and oxygen atoms in total. The molecule has 186 valence electrons. The lowest BCUT2D eigenvalue weighted by Gasteiger charge is -2.18. The van der Waals surface area contributed by atoms with Crippen LogP contribution in [0.3, 0.4) is 0 Å². The van der Waals surface area contributed by atoms with Gasteiger partial charge < -0.3 is 8.83 Å². The number of hydrogen-bond acceptors (Lipinski definition) is 2. The molecule has 40 heavy (non-hydrogen) atoms. The highest BCUT2D eigenvalue weighted by molar-refractivity contribution is 6.27. The Bertz CT molecular complexity index is 3190. The summed E-state index contributed by atoms with van der Waals surface area (Å²) in [6, 6.07) is 0.0582. The molecule has 7 aromatic carbocycles. The maximum absolute atomic E-state index is 9.40. The molecular formula is C38H22O2. The van der Waals surface area contributed by atoms with Crippen molar-refractivity contribution in [2.24, 2.45) is 0 Å². The first-order chi connectivity index (χ1) is 26.1. The zero-order chi connectivity index (χ0) is 39.3. The van der Waals surface area contributed by atoms with Gasteiger partial charge in [0, 0.05) is 10.8 Å². The first-order valence-electron chi connectivity index (χ1n) is 19.9. The van der Waals surface area contributed by atoms with Crippen LogP contribution < -0.4 is 0 Å².